The molecule has 0 N–H and O–H groups in total. The standard InChI is InChI=1S/C13H16ClN3O2/c1-2-18-12-5-3-4-6-13(12)19-8-7-17-10-11(9-14)15-16-17/h3-6,10H,2,7-9H2,1H3. The topological polar surface area (TPSA) is 49.2 Å². The van der Waals surface area contributed by atoms with E-state index in [2.05, 4.69) is 10.3 Å². The Morgan fingerprint density at radius 3 is 2.58 bits per heavy atom. The zero-order chi connectivity index (χ0) is 13.5. The Kier molecular flexibility index (Phi) is 5.03. The Morgan fingerprint density at radius 2 is 1.95 bits per heavy atom. The van der Waals surface area contributed by atoms with Crippen molar-refractivity contribution in [3.63, 3.8) is 0 Å². The first-order valence-corrected chi connectivity index (χ1v) is 6.66. The number of hydrogen-bond acceptors (Lipinski definition) is 4. The van der Waals surface area contributed by atoms with Crippen LogP contribution < -0.4 is 9.47 Å². The minimum absolute atomic E-state index is 0.369. The van der Waals surface area contributed by atoms with Crippen molar-refractivity contribution < 1.29 is 9.47 Å². The third kappa shape index (κ3) is 3.86. The smallest absolute Gasteiger partial charge is 0.161 e. The van der Waals surface area contributed by atoms with Crippen LogP contribution in [0.5, 0.6) is 11.5 Å². The summed E-state index contributed by atoms with van der Waals surface area (Å²) in [4.78, 5) is 0. The highest BCUT2D eigenvalue weighted by molar-refractivity contribution is 6.16. The van der Waals surface area contributed by atoms with Crippen molar-refractivity contribution in [2.75, 3.05) is 13.2 Å². The van der Waals surface area contributed by atoms with Crippen LogP contribution in [0.2, 0.25) is 0 Å². The molecule has 2 rings (SSSR count). The summed E-state index contributed by atoms with van der Waals surface area (Å²) in [6, 6.07) is 7.61. The first-order valence-electron chi connectivity index (χ1n) is 6.13. The van der Waals surface area contributed by atoms with Crippen molar-refractivity contribution in [3.05, 3.63) is 36.2 Å². The number of nitrogens with zero attached hydrogens (tertiary/aromatic N) is 3. The SMILES string of the molecule is CCOc1ccccc1OCCn1cc(CCl)nn1. The molecule has 1 heterocycles. The van der Waals surface area contributed by atoms with Gasteiger partial charge in [-0.15, -0.1) is 16.7 Å². The second-order valence-electron chi connectivity index (χ2n) is 3.83. The molecule has 0 saturated carbocycles. The molecule has 0 bridgehead atoms. The van der Waals surface area contributed by atoms with Gasteiger partial charge in [0.05, 0.1) is 24.7 Å². The molecule has 0 saturated heterocycles. The molecule has 5 nitrogen and oxygen atoms in total. The highest BCUT2D eigenvalue weighted by Crippen LogP contribution is 2.26. The molecule has 0 amide bonds. The van der Waals surface area contributed by atoms with E-state index in [0.717, 1.165) is 17.2 Å². The maximum absolute atomic E-state index is 5.69. The van der Waals surface area contributed by atoms with Crippen LogP contribution in [0.1, 0.15) is 12.6 Å². The lowest BCUT2D eigenvalue weighted by molar-refractivity contribution is 0.261. The van der Waals surface area contributed by atoms with E-state index in [4.69, 9.17) is 21.1 Å². The molecule has 1 aromatic heterocycles. The second-order valence-corrected chi connectivity index (χ2v) is 4.10. The molecule has 6 heteroatoms. The van der Waals surface area contributed by atoms with Crippen LogP contribution in [0.15, 0.2) is 30.5 Å². The molecular weight excluding hydrogens is 266 g/mol. The molecular formula is C13H16ClN3O2. The molecule has 0 aliphatic rings. The Morgan fingerprint density at radius 1 is 1.21 bits per heavy atom. The van der Waals surface area contributed by atoms with Gasteiger partial charge in [0.2, 0.25) is 0 Å². The number of aromatic nitrogens is 3. The van der Waals surface area contributed by atoms with Gasteiger partial charge in [0.25, 0.3) is 0 Å². The van der Waals surface area contributed by atoms with Crippen LogP contribution in [0.3, 0.4) is 0 Å². The van der Waals surface area contributed by atoms with E-state index in [0.29, 0.717) is 25.6 Å². The van der Waals surface area contributed by atoms with E-state index in [1.807, 2.05) is 37.4 Å². The summed E-state index contributed by atoms with van der Waals surface area (Å²) in [5.41, 5.74) is 0.761. The summed E-state index contributed by atoms with van der Waals surface area (Å²) in [6.45, 7) is 3.67. The van der Waals surface area contributed by atoms with Crippen LogP contribution in [0.25, 0.3) is 0 Å². The Labute approximate surface area is 117 Å². The predicted molar refractivity (Wildman–Crippen MR) is 72.7 cm³/mol. The number of rotatable bonds is 7. The fourth-order valence-electron chi connectivity index (χ4n) is 1.60. The van der Waals surface area contributed by atoms with Gasteiger partial charge in [-0.2, -0.15) is 0 Å². The molecule has 102 valence electrons. The van der Waals surface area contributed by atoms with E-state index in [-0.39, 0.29) is 0 Å². The Bertz CT molecular complexity index is 516. The van der Waals surface area contributed by atoms with Gasteiger partial charge in [0.15, 0.2) is 11.5 Å². The minimum Gasteiger partial charge on any atom is -0.490 e. The number of ether oxygens (including phenoxy) is 2. The normalized spacial score (nSPS) is 10.4. The largest absolute Gasteiger partial charge is 0.490 e. The summed E-state index contributed by atoms with van der Waals surface area (Å²) in [6.07, 6.45) is 1.81. The predicted octanol–water partition coefficient (Wildman–Crippen LogP) is 2.49. The molecule has 0 radical (unpaired) electrons. The highest BCUT2D eigenvalue weighted by atomic mass is 35.5. The van der Waals surface area contributed by atoms with Crippen LogP contribution in [-0.4, -0.2) is 28.2 Å². The maximum Gasteiger partial charge on any atom is 0.161 e. The first kappa shape index (κ1) is 13.7. The van der Waals surface area contributed by atoms with Gasteiger partial charge in [0, 0.05) is 6.20 Å². The molecule has 0 unspecified atom stereocenters. The third-order valence-electron chi connectivity index (χ3n) is 2.45. The monoisotopic (exact) mass is 281 g/mol. The zero-order valence-electron chi connectivity index (χ0n) is 10.8. The molecule has 0 fully saturated rings. The van der Waals surface area contributed by atoms with Gasteiger partial charge in [-0.3, -0.25) is 0 Å². The van der Waals surface area contributed by atoms with Gasteiger partial charge in [-0.1, -0.05) is 17.3 Å². The highest BCUT2D eigenvalue weighted by Gasteiger charge is 2.04. The first-order chi connectivity index (χ1) is 9.33. The summed E-state index contributed by atoms with van der Waals surface area (Å²) in [5, 5.41) is 7.86. The van der Waals surface area contributed by atoms with E-state index in [9.17, 15) is 0 Å². The molecule has 2 aromatic rings. The number of para-hydroxylation sites is 2. The zero-order valence-corrected chi connectivity index (χ0v) is 11.5. The summed E-state index contributed by atoms with van der Waals surface area (Å²) in [7, 11) is 0. The van der Waals surface area contributed by atoms with Crippen molar-refractivity contribution in [2.45, 2.75) is 19.3 Å². The van der Waals surface area contributed by atoms with Gasteiger partial charge < -0.3 is 9.47 Å². The van der Waals surface area contributed by atoms with Crippen LogP contribution in [-0.2, 0) is 12.4 Å². The van der Waals surface area contributed by atoms with Crippen molar-refractivity contribution in [3.8, 4) is 11.5 Å². The van der Waals surface area contributed by atoms with Crippen molar-refractivity contribution in [2.24, 2.45) is 0 Å². The van der Waals surface area contributed by atoms with Gasteiger partial charge in [-0.25, -0.2) is 4.68 Å². The minimum atomic E-state index is 0.369. The lowest BCUT2D eigenvalue weighted by Gasteiger charge is -2.11. The lowest BCUT2D eigenvalue weighted by Crippen LogP contribution is -2.09. The Balaban J connectivity index is 1.88. The van der Waals surface area contributed by atoms with E-state index in [1.54, 1.807) is 4.68 Å². The molecule has 0 aliphatic heterocycles. The van der Waals surface area contributed by atoms with Crippen LogP contribution >= 0.6 is 11.6 Å². The molecule has 19 heavy (non-hydrogen) atoms. The maximum atomic E-state index is 5.69. The molecule has 0 aliphatic carbocycles. The van der Waals surface area contributed by atoms with E-state index in [1.165, 1.54) is 0 Å². The van der Waals surface area contributed by atoms with E-state index < -0.39 is 0 Å². The summed E-state index contributed by atoms with van der Waals surface area (Å²) >= 11 is 5.66. The molecule has 0 atom stereocenters. The van der Waals surface area contributed by atoms with Crippen molar-refractivity contribution in [1.29, 1.82) is 0 Å². The quantitative estimate of drug-likeness (QED) is 0.732. The van der Waals surface area contributed by atoms with Crippen LogP contribution in [0, 0.1) is 0 Å². The fourth-order valence-corrected chi connectivity index (χ4v) is 1.72. The fraction of sp³-hybridized carbons (Fsp3) is 0.385. The van der Waals surface area contributed by atoms with Gasteiger partial charge >= 0.3 is 0 Å². The molecule has 1 aromatic carbocycles. The summed E-state index contributed by atoms with van der Waals surface area (Å²) < 4.78 is 12.9. The summed E-state index contributed by atoms with van der Waals surface area (Å²) in [5.74, 6) is 1.86. The van der Waals surface area contributed by atoms with Gasteiger partial charge in [-0.05, 0) is 19.1 Å². The van der Waals surface area contributed by atoms with Gasteiger partial charge in [0.1, 0.15) is 6.61 Å². The molecule has 0 spiro atoms. The average Bonchev–Trinajstić information content (AvgIpc) is 2.89. The third-order valence-corrected chi connectivity index (χ3v) is 2.72. The number of halogens is 1. The number of benzene rings is 1. The lowest BCUT2D eigenvalue weighted by atomic mass is 10.3. The van der Waals surface area contributed by atoms with Crippen LogP contribution in [0.4, 0.5) is 0 Å². The van der Waals surface area contributed by atoms with Crippen molar-refractivity contribution >= 4 is 11.6 Å². The average molecular weight is 282 g/mol. The second kappa shape index (κ2) is 6.99. The van der Waals surface area contributed by atoms with Crippen molar-refractivity contribution in [1.82, 2.24) is 15.0 Å². The Hall–Kier alpha value is -1.75. The van der Waals surface area contributed by atoms with E-state index >= 15 is 0 Å². The number of hydrogen-bond donors (Lipinski definition) is 0. The number of alkyl halides is 1.